The summed E-state index contributed by atoms with van der Waals surface area (Å²) in [5, 5.41) is 19.7. The standard InChI is InChI=1S/C12H9NO5S3/c14-9(15)5-7(11(17)18)13-10(16)8(21-12(13)19)4-6-2-1-3-20-6/h1-4,7H,5H2,(H,14,15)(H,17,18)/b8-4-. The van der Waals surface area contributed by atoms with Crippen LogP contribution in [0.3, 0.4) is 0 Å². The molecule has 21 heavy (non-hydrogen) atoms. The topological polar surface area (TPSA) is 94.9 Å². The first-order chi connectivity index (χ1) is 9.90. The molecule has 1 aromatic rings. The van der Waals surface area contributed by atoms with Crippen LogP contribution in [-0.4, -0.2) is 43.3 Å². The van der Waals surface area contributed by atoms with Gasteiger partial charge in [-0.15, -0.1) is 11.3 Å². The molecule has 2 heterocycles. The molecule has 0 saturated carbocycles. The van der Waals surface area contributed by atoms with Gasteiger partial charge in [-0.2, -0.15) is 0 Å². The smallest absolute Gasteiger partial charge is 0.327 e. The van der Waals surface area contributed by atoms with Crippen LogP contribution < -0.4 is 0 Å². The SMILES string of the molecule is O=C(O)CC(C(=O)O)N1C(=O)/C(=C/c2cccs2)SC1=S. The van der Waals surface area contributed by atoms with Crippen molar-refractivity contribution in [2.24, 2.45) is 0 Å². The van der Waals surface area contributed by atoms with Gasteiger partial charge in [-0.1, -0.05) is 30.0 Å². The summed E-state index contributed by atoms with van der Waals surface area (Å²) in [7, 11) is 0. The molecule has 0 bridgehead atoms. The van der Waals surface area contributed by atoms with Crippen molar-refractivity contribution in [3.05, 3.63) is 27.3 Å². The van der Waals surface area contributed by atoms with Crippen LogP contribution in [0.15, 0.2) is 22.4 Å². The second-order valence-corrected chi connectivity index (χ2v) is 6.67. The lowest BCUT2D eigenvalue weighted by molar-refractivity contribution is -0.150. The number of thiophene rings is 1. The molecule has 1 aliphatic rings. The van der Waals surface area contributed by atoms with Gasteiger partial charge in [0.1, 0.15) is 10.4 Å². The quantitative estimate of drug-likeness (QED) is 0.622. The van der Waals surface area contributed by atoms with E-state index in [9.17, 15) is 14.4 Å². The number of aliphatic carboxylic acids is 2. The van der Waals surface area contributed by atoms with Crippen molar-refractivity contribution in [2.45, 2.75) is 12.5 Å². The van der Waals surface area contributed by atoms with Crippen molar-refractivity contribution in [3.63, 3.8) is 0 Å². The van der Waals surface area contributed by atoms with E-state index in [1.807, 2.05) is 17.5 Å². The number of carboxylic acid groups (broad SMARTS) is 2. The highest BCUT2D eigenvalue weighted by Crippen LogP contribution is 2.35. The summed E-state index contributed by atoms with van der Waals surface area (Å²) in [5.74, 6) is -3.28. The number of thiocarbonyl (C=S) groups is 1. The molecule has 1 saturated heterocycles. The van der Waals surface area contributed by atoms with Gasteiger partial charge >= 0.3 is 11.9 Å². The maximum Gasteiger partial charge on any atom is 0.327 e. The van der Waals surface area contributed by atoms with Crippen molar-refractivity contribution in [2.75, 3.05) is 0 Å². The van der Waals surface area contributed by atoms with E-state index in [2.05, 4.69) is 0 Å². The molecule has 0 aliphatic carbocycles. The molecule has 0 spiro atoms. The molecule has 6 nitrogen and oxygen atoms in total. The summed E-state index contributed by atoms with van der Waals surface area (Å²) >= 11 is 7.41. The summed E-state index contributed by atoms with van der Waals surface area (Å²) in [6, 6.07) is 2.13. The zero-order valence-electron chi connectivity index (χ0n) is 10.4. The van der Waals surface area contributed by atoms with E-state index in [4.69, 9.17) is 22.4 Å². The van der Waals surface area contributed by atoms with Gasteiger partial charge in [-0.05, 0) is 17.5 Å². The highest BCUT2D eigenvalue weighted by Gasteiger charge is 2.41. The van der Waals surface area contributed by atoms with Crippen LogP contribution >= 0.6 is 35.3 Å². The number of nitrogens with zero attached hydrogens (tertiary/aromatic N) is 1. The zero-order chi connectivity index (χ0) is 15.6. The number of rotatable bonds is 5. The number of carboxylic acids is 2. The minimum absolute atomic E-state index is 0.0523. The first kappa shape index (κ1) is 15.7. The Morgan fingerprint density at radius 3 is 2.67 bits per heavy atom. The monoisotopic (exact) mass is 343 g/mol. The first-order valence-corrected chi connectivity index (χ1v) is 7.75. The fourth-order valence-corrected chi connectivity index (χ4v) is 3.79. The summed E-state index contributed by atoms with van der Waals surface area (Å²) in [4.78, 5) is 36.2. The Labute approximate surface area is 133 Å². The fourth-order valence-electron chi connectivity index (χ4n) is 1.71. The van der Waals surface area contributed by atoms with Gasteiger partial charge in [0.15, 0.2) is 0 Å². The van der Waals surface area contributed by atoms with Gasteiger partial charge in [0.2, 0.25) is 0 Å². The van der Waals surface area contributed by atoms with Gasteiger partial charge in [0.05, 0.1) is 11.3 Å². The van der Waals surface area contributed by atoms with Crippen molar-refractivity contribution >= 4 is 63.6 Å². The van der Waals surface area contributed by atoms with E-state index in [1.165, 1.54) is 11.3 Å². The van der Waals surface area contributed by atoms with Crippen molar-refractivity contribution in [3.8, 4) is 0 Å². The molecule has 0 aromatic carbocycles. The van der Waals surface area contributed by atoms with E-state index in [-0.39, 0.29) is 4.32 Å². The van der Waals surface area contributed by atoms with E-state index in [1.54, 1.807) is 6.08 Å². The Morgan fingerprint density at radius 2 is 2.14 bits per heavy atom. The Balaban J connectivity index is 2.29. The Bertz CT molecular complexity index is 637. The first-order valence-electron chi connectivity index (χ1n) is 5.65. The molecular weight excluding hydrogens is 334 g/mol. The van der Waals surface area contributed by atoms with Crippen LogP contribution in [-0.2, 0) is 14.4 Å². The predicted molar refractivity (Wildman–Crippen MR) is 83.0 cm³/mol. The third kappa shape index (κ3) is 3.49. The number of carbonyl (C=O) groups excluding carboxylic acids is 1. The maximum atomic E-state index is 12.3. The number of carbonyl (C=O) groups is 3. The third-order valence-corrected chi connectivity index (χ3v) is 4.75. The van der Waals surface area contributed by atoms with E-state index in [0.29, 0.717) is 4.91 Å². The van der Waals surface area contributed by atoms with E-state index < -0.39 is 30.3 Å². The Hall–Kier alpha value is -1.71. The molecule has 2 rings (SSSR count). The molecule has 1 atom stereocenters. The van der Waals surface area contributed by atoms with Gasteiger partial charge in [0, 0.05) is 4.88 Å². The molecule has 1 fully saturated rings. The molecule has 110 valence electrons. The maximum absolute atomic E-state index is 12.3. The minimum Gasteiger partial charge on any atom is -0.481 e. The molecule has 1 aromatic heterocycles. The lowest BCUT2D eigenvalue weighted by Gasteiger charge is -2.21. The average Bonchev–Trinajstić information content (AvgIpc) is 2.97. The molecule has 9 heteroatoms. The van der Waals surface area contributed by atoms with Gasteiger partial charge in [-0.3, -0.25) is 14.5 Å². The van der Waals surface area contributed by atoms with E-state index >= 15 is 0 Å². The van der Waals surface area contributed by atoms with Gasteiger partial charge < -0.3 is 10.2 Å². The average molecular weight is 343 g/mol. The van der Waals surface area contributed by atoms with Crippen LogP contribution in [0.25, 0.3) is 6.08 Å². The van der Waals surface area contributed by atoms with Crippen molar-refractivity contribution in [1.29, 1.82) is 0 Å². The van der Waals surface area contributed by atoms with Crippen LogP contribution in [0, 0.1) is 0 Å². The molecule has 1 aliphatic heterocycles. The minimum atomic E-state index is -1.50. The lowest BCUT2D eigenvalue weighted by Crippen LogP contribution is -2.45. The Morgan fingerprint density at radius 1 is 1.43 bits per heavy atom. The number of amides is 1. The second kappa shape index (κ2) is 6.37. The molecule has 1 unspecified atom stereocenters. The summed E-state index contributed by atoms with van der Waals surface area (Å²) in [5.41, 5.74) is 0. The molecule has 2 N–H and O–H groups in total. The molecular formula is C12H9NO5S3. The largest absolute Gasteiger partial charge is 0.481 e. The fraction of sp³-hybridized carbons (Fsp3) is 0.167. The number of hydrogen-bond acceptors (Lipinski definition) is 6. The van der Waals surface area contributed by atoms with E-state index in [0.717, 1.165) is 21.5 Å². The highest BCUT2D eigenvalue weighted by molar-refractivity contribution is 8.26. The summed E-state index contributed by atoms with van der Waals surface area (Å²) in [6.45, 7) is 0. The Kier molecular flexibility index (Phi) is 4.76. The third-order valence-electron chi connectivity index (χ3n) is 2.60. The highest BCUT2D eigenvalue weighted by atomic mass is 32.2. The molecule has 0 radical (unpaired) electrons. The number of hydrogen-bond donors (Lipinski definition) is 2. The lowest BCUT2D eigenvalue weighted by atomic mass is 10.2. The van der Waals surface area contributed by atoms with Crippen molar-refractivity contribution in [1.82, 2.24) is 4.90 Å². The number of thioether (sulfide) groups is 1. The van der Waals surface area contributed by atoms with Crippen LogP contribution in [0.5, 0.6) is 0 Å². The van der Waals surface area contributed by atoms with Crippen molar-refractivity contribution < 1.29 is 24.6 Å². The predicted octanol–water partition coefficient (Wildman–Crippen LogP) is 1.88. The zero-order valence-corrected chi connectivity index (χ0v) is 12.8. The molecule has 1 amide bonds. The van der Waals surface area contributed by atoms with Crippen LogP contribution in [0.4, 0.5) is 0 Å². The van der Waals surface area contributed by atoms with Gasteiger partial charge in [0.25, 0.3) is 5.91 Å². The van der Waals surface area contributed by atoms with Crippen LogP contribution in [0.1, 0.15) is 11.3 Å². The summed E-state index contributed by atoms with van der Waals surface area (Å²) < 4.78 is 0.0523. The second-order valence-electron chi connectivity index (χ2n) is 4.02. The normalized spacial score (nSPS) is 18.3. The summed E-state index contributed by atoms with van der Waals surface area (Å²) in [6.07, 6.45) is 0.914. The van der Waals surface area contributed by atoms with Crippen LogP contribution in [0.2, 0.25) is 0 Å². The van der Waals surface area contributed by atoms with Gasteiger partial charge in [-0.25, -0.2) is 4.79 Å².